The fraction of sp³-hybridized carbons (Fsp3) is 0.429. The van der Waals surface area contributed by atoms with Gasteiger partial charge in [-0.15, -0.1) is 0 Å². The first kappa shape index (κ1) is 13.9. The van der Waals surface area contributed by atoms with Crippen molar-refractivity contribution in [2.75, 3.05) is 11.9 Å². The summed E-state index contributed by atoms with van der Waals surface area (Å²) in [5, 5.41) is 0.524. The molecule has 2 aromatic rings. The fourth-order valence-corrected chi connectivity index (χ4v) is 2.42. The summed E-state index contributed by atoms with van der Waals surface area (Å²) < 4.78 is 5.32. The minimum absolute atomic E-state index is 0.275. The van der Waals surface area contributed by atoms with Crippen molar-refractivity contribution in [2.45, 2.75) is 33.2 Å². The second kappa shape index (κ2) is 5.61. The Hall–Kier alpha value is -1.55. The average Bonchev–Trinajstić information content (AvgIpc) is 2.74. The number of nitrogens with zero attached hydrogens (tertiary/aromatic N) is 3. The molecule has 0 amide bonds. The van der Waals surface area contributed by atoms with Gasteiger partial charge >= 0.3 is 0 Å². The van der Waals surface area contributed by atoms with Gasteiger partial charge in [-0.25, -0.2) is 9.97 Å². The first-order valence-corrected chi connectivity index (χ1v) is 6.63. The van der Waals surface area contributed by atoms with Gasteiger partial charge in [-0.1, -0.05) is 25.4 Å². The van der Waals surface area contributed by atoms with E-state index in [1.807, 2.05) is 20.0 Å². The molecule has 19 heavy (non-hydrogen) atoms. The number of aryl methyl sites for hydroxylation is 1. The molecular weight excluding hydrogens is 262 g/mol. The lowest BCUT2D eigenvalue weighted by Gasteiger charge is -2.22. The van der Waals surface area contributed by atoms with Crippen LogP contribution in [-0.4, -0.2) is 17.0 Å². The van der Waals surface area contributed by atoms with E-state index in [1.165, 1.54) is 6.33 Å². The van der Waals surface area contributed by atoms with Gasteiger partial charge in [0.15, 0.2) is 0 Å². The van der Waals surface area contributed by atoms with E-state index < -0.39 is 0 Å². The standard InChI is InChI=1S/C14H18ClN3O/c1-9(2)12-13(15)16-8-17-14(12)18(4)7-11-5-6-19-10(11)3/h5-6,8-9H,7H2,1-4H3. The highest BCUT2D eigenvalue weighted by molar-refractivity contribution is 6.30. The van der Waals surface area contributed by atoms with Crippen molar-refractivity contribution in [1.29, 1.82) is 0 Å². The van der Waals surface area contributed by atoms with Crippen molar-refractivity contribution in [3.05, 3.63) is 40.7 Å². The molecule has 5 heteroatoms. The van der Waals surface area contributed by atoms with Crippen molar-refractivity contribution in [2.24, 2.45) is 0 Å². The summed E-state index contributed by atoms with van der Waals surface area (Å²) in [5.74, 6) is 2.07. The van der Waals surface area contributed by atoms with E-state index in [-0.39, 0.29) is 5.92 Å². The topological polar surface area (TPSA) is 42.2 Å². The van der Waals surface area contributed by atoms with E-state index in [2.05, 4.69) is 28.7 Å². The molecule has 2 heterocycles. The van der Waals surface area contributed by atoms with E-state index in [4.69, 9.17) is 16.0 Å². The Kier molecular flexibility index (Phi) is 4.10. The Morgan fingerprint density at radius 2 is 2.11 bits per heavy atom. The Morgan fingerprint density at radius 1 is 1.37 bits per heavy atom. The number of aromatic nitrogens is 2. The molecule has 2 aromatic heterocycles. The van der Waals surface area contributed by atoms with Gasteiger partial charge in [0.05, 0.1) is 6.26 Å². The van der Waals surface area contributed by atoms with Gasteiger partial charge in [-0.05, 0) is 18.9 Å². The molecule has 0 radical (unpaired) electrons. The van der Waals surface area contributed by atoms with Crippen LogP contribution in [0, 0.1) is 6.92 Å². The van der Waals surface area contributed by atoms with Crippen molar-refractivity contribution in [3.63, 3.8) is 0 Å². The summed E-state index contributed by atoms with van der Waals surface area (Å²) in [4.78, 5) is 10.5. The lowest BCUT2D eigenvalue weighted by molar-refractivity contribution is 0.529. The summed E-state index contributed by atoms with van der Waals surface area (Å²) in [6, 6.07) is 1.98. The van der Waals surface area contributed by atoms with E-state index >= 15 is 0 Å². The Labute approximate surface area is 118 Å². The second-order valence-electron chi connectivity index (χ2n) is 4.91. The maximum atomic E-state index is 6.19. The van der Waals surface area contributed by atoms with Crippen LogP contribution in [-0.2, 0) is 6.54 Å². The normalized spacial score (nSPS) is 11.1. The monoisotopic (exact) mass is 279 g/mol. The maximum Gasteiger partial charge on any atom is 0.138 e. The van der Waals surface area contributed by atoms with E-state index in [1.54, 1.807) is 6.26 Å². The molecule has 0 N–H and O–H groups in total. The minimum atomic E-state index is 0.275. The molecule has 4 nitrogen and oxygen atoms in total. The number of hydrogen-bond acceptors (Lipinski definition) is 4. The van der Waals surface area contributed by atoms with Gasteiger partial charge in [0.25, 0.3) is 0 Å². The van der Waals surface area contributed by atoms with Crippen LogP contribution in [0.1, 0.15) is 36.7 Å². The molecule has 0 saturated heterocycles. The van der Waals surface area contributed by atoms with Crippen LogP contribution >= 0.6 is 11.6 Å². The number of anilines is 1. The fourth-order valence-electron chi connectivity index (χ4n) is 2.07. The zero-order chi connectivity index (χ0) is 14.0. The predicted molar refractivity (Wildman–Crippen MR) is 76.7 cm³/mol. The van der Waals surface area contributed by atoms with E-state index in [9.17, 15) is 0 Å². The van der Waals surface area contributed by atoms with Crippen LogP contribution in [0.3, 0.4) is 0 Å². The van der Waals surface area contributed by atoms with Crippen molar-refractivity contribution < 1.29 is 4.42 Å². The van der Waals surface area contributed by atoms with Crippen molar-refractivity contribution >= 4 is 17.4 Å². The molecule has 2 rings (SSSR count). The number of halogens is 1. The van der Waals surface area contributed by atoms with Crippen LogP contribution < -0.4 is 4.90 Å². The summed E-state index contributed by atoms with van der Waals surface area (Å²) in [6.45, 7) is 6.87. The molecule has 0 fully saturated rings. The summed E-state index contributed by atoms with van der Waals surface area (Å²) >= 11 is 6.19. The van der Waals surface area contributed by atoms with Gasteiger partial charge in [0, 0.05) is 24.7 Å². The molecule has 0 aliphatic carbocycles. The third kappa shape index (κ3) is 2.89. The summed E-state index contributed by atoms with van der Waals surface area (Å²) in [7, 11) is 2.00. The molecule has 0 aromatic carbocycles. The third-order valence-electron chi connectivity index (χ3n) is 3.13. The molecule has 0 atom stereocenters. The largest absolute Gasteiger partial charge is 0.469 e. The third-order valence-corrected chi connectivity index (χ3v) is 3.43. The lowest BCUT2D eigenvalue weighted by Crippen LogP contribution is -2.20. The SMILES string of the molecule is Cc1occc1CN(C)c1ncnc(Cl)c1C(C)C. The number of rotatable bonds is 4. The smallest absolute Gasteiger partial charge is 0.138 e. The predicted octanol–water partition coefficient (Wildman–Crippen LogP) is 3.79. The Bertz CT molecular complexity index is 566. The van der Waals surface area contributed by atoms with Crippen molar-refractivity contribution in [1.82, 2.24) is 9.97 Å². The molecule has 0 aliphatic heterocycles. The lowest BCUT2D eigenvalue weighted by atomic mass is 10.1. The van der Waals surface area contributed by atoms with Crippen LogP contribution in [0.5, 0.6) is 0 Å². The van der Waals surface area contributed by atoms with Crippen LogP contribution in [0.2, 0.25) is 5.15 Å². The summed E-state index contributed by atoms with van der Waals surface area (Å²) in [6.07, 6.45) is 3.21. The van der Waals surface area contributed by atoms with Crippen molar-refractivity contribution in [3.8, 4) is 0 Å². The highest BCUT2D eigenvalue weighted by atomic mass is 35.5. The number of hydrogen-bond donors (Lipinski definition) is 0. The van der Waals surface area contributed by atoms with Gasteiger partial charge in [-0.3, -0.25) is 0 Å². The molecule has 0 saturated carbocycles. The highest BCUT2D eigenvalue weighted by Crippen LogP contribution is 2.30. The molecule has 0 spiro atoms. The first-order chi connectivity index (χ1) is 9.00. The number of furan rings is 1. The van der Waals surface area contributed by atoms with E-state index in [0.717, 1.165) is 29.2 Å². The van der Waals surface area contributed by atoms with Gasteiger partial charge in [0.2, 0.25) is 0 Å². The zero-order valence-electron chi connectivity index (χ0n) is 11.6. The Balaban J connectivity index is 2.31. The van der Waals surface area contributed by atoms with E-state index in [0.29, 0.717) is 5.15 Å². The zero-order valence-corrected chi connectivity index (χ0v) is 12.4. The van der Waals surface area contributed by atoms with Gasteiger partial charge in [0.1, 0.15) is 23.1 Å². The molecule has 0 bridgehead atoms. The highest BCUT2D eigenvalue weighted by Gasteiger charge is 2.17. The molecule has 0 aliphatic rings. The van der Waals surface area contributed by atoms with Crippen LogP contribution in [0.4, 0.5) is 5.82 Å². The van der Waals surface area contributed by atoms with Gasteiger partial charge < -0.3 is 9.32 Å². The molecule has 0 unspecified atom stereocenters. The molecule has 102 valence electrons. The average molecular weight is 280 g/mol. The Morgan fingerprint density at radius 3 is 2.68 bits per heavy atom. The van der Waals surface area contributed by atoms with Crippen LogP contribution in [0.15, 0.2) is 23.1 Å². The summed E-state index contributed by atoms with van der Waals surface area (Å²) in [5.41, 5.74) is 2.12. The maximum absolute atomic E-state index is 6.19. The minimum Gasteiger partial charge on any atom is -0.469 e. The second-order valence-corrected chi connectivity index (χ2v) is 5.27. The molecular formula is C14H18ClN3O. The first-order valence-electron chi connectivity index (χ1n) is 6.25. The van der Waals surface area contributed by atoms with Crippen LogP contribution in [0.25, 0.3) is 0 Å². The van der Waals surface area contributed by atoms with Gasteiger partial charge in [-0.2, -0.15) is 0 Å². The quantitative estimate of drug-likeness (QED) is 0.799.